The average molecular weight is 655 g/mol. The van der Waals surface area contributed by atoms with Crippen LogP contribution < -0.4 is 5.32 Å². The number of anilines is 1. The zero-order chi connectivity index (χ0) is 33.7. The highest BCUT2D eigenvalue weighted by Gasteiger charge is 2.70. The number of hydrogen-bond acceptors (Lipinski definition) is 5. The molecular formula is C42H58N2O2S. The number of carbonyl (C=O) groups excluding carboxylic acids is 1. The molecule has 1 aromatic carbocycles. The van der Waals surface area contributed by atoms with Crippen LogP contribution >= 0.6 is 11.3 Å². The van der Waals surface area contributed by atoms with Crippen molar-refractivity contribution in [3.63, 3.8) is 0 Å². The van der Waals surface area contributed by atoms with Gasteiger partial charge in [-0.2, -0.15) is 0 Å². The molecule has 0 aliphatic heterocycles. The van der Waals surface area contributed by atoms with Crippen molar-refractivity contribution < 1.29 is 9.53 Å². The molecular weight excluding hydrogens is 597 g/mol. The molecule has 0 radical (unpaired) electrons. The topological polar surface area (TPSA) is 51.2 Å². The van der Waals surface area contributed by atoms with E-state index in [0.717, 1.165) is 11.6 Å². The summed E-state index contributed by atoms with van der Waals surface area (Å²) in [6.07, 6.45) is 14.0. The van der Waals surface area contributed by atoms with Gasteiger partial charge in [0.05, 0.1) is 18.4 Å². The molecule has 4 nitrogen and oxygen atoms in total. The Hall–Kier alpha value is -2.40. The van der Waals surface area contributed by atoms with Crippen LogP contribution in [0, 0.1) is 65.1 Å². The molecule has 1 aromatic heterocycles. The molecule has 4 saturated carbocycles. The summed E-state index contributed by atoms with van der Waals surface area (Å²) in [5, 5.41) is 5.30. The number of rotatable bonds is 5. The van der Waals surface area contributed by atoms with E-state index in [1.807, 2.05) is 23.5 Å². The van der Waals surface area contributed by atoms with E-state index in [1.54, 1.807) is 0 Å². The third-order valence-electron chi connectivity index (χ3n) is 15.6. The van der Waals surface area contributed by atoms with Crippen LogP contribution in [0.1, 0.15) is 126 Å². The molecule has 4 fully saturated rings. The van der Waals surface area contributed by atoms with Crippen molar-refractivity contribution >= 4 is 28.0 Å². The fourth-order valence-electron chi connectivity index (χ4n) is 13.1. The zero-order valence-electron chi connectivity index (χ0n) is 30.5. The average Bonchev–Trinajstić information content (AvgIpc) is 3.55. The maximum Gasteiger partial charge on any atom is 0.337 e. The first-order valence-corrected chi connectivity index (χ1v) is 19.2. The minimum Gasteiger partial charge on any atom is -0.465 e. The number of aromatic nitrogens is 1. The lowest BCUT2D eigenvalue weighted by Gasteiger charge is -2.72. The van der Waals surface area contributed by atoms with Gasteiger partial charge in [0.2, 0.25) is 0 Å². The Morgan fingerprint density at radius 2 is 1.66 bits per heavy atom. The van der Waals surface area contributed by atoms with Crippen LogP contribution in [0.3, 0.4) is 0 Å². The molecule has 0 saturated heterocycles. The van der Waals surface area contributed by atoms with Crippen LogP contribution in [-0.2, 0) is 4.74 Å². The first-order chi connectivity index (χ1) is 22.1. The molecule has 9 unspecified atom stereocenters. The maximum absolute atomic E-state index is 12.1. The number of aryl methyl sites for hydroxylation is 2. The highest BCUT2D eigenvalue weighted by molar-refractivity contribution is 7.15. The number of hydrogen-bond donors (Lipinski definition) is 1. The second kappa shape index (κ2) is 11.1. The number of nitrogens with one attached hydrogen (secondary N) is 1. The first-order valence-electron chi connectivity index (χ1n) is 18.4. The predicted molar refractivity (Wildman–Crippen MR) is 196 cm³/mol. The largest absolute Gasteiger partial charge is 0.465 e. The quantitative estimate of drug-likeness (QED) is 0.257. The molecule has 9 atom stereocenters. The van der Waals surface area contributed by atoms with E-state index in [4.69, 9.17) is 9.72 Å². The van der Waals surface area contributed by atoms with E-state index in [-0.39, 0.29) is 22.3 Å². The number of allylic oxidation sites excluding steroid dienone is 3. The van der Waals surface area contributed by atoms with E-state index in [0.29, 0.717) is 46.0 Å². The number of carbonyl (C=O) groups is 1. The Morgan fingerprint density at radius 1 is 0.936 bits per heavy atom. The molecule has 1 heterocycles. The van der Waals surface area contributed by atoms with Crippen molar-refractivity contribution in [2.45, 2.75) is 119 Å². The van der Waals surface area contributed by atoms with Gasteiger partial charge in [0.15, 0.2) is 5.13 Å². The van der Waals surface area contributed by atoms with E-state index in [2.05, 4.69) is 85.5 Å². The van der Waals surface area contributed by atoms with Gasteiger partial charge < -0.3 is 10.1 Å². The molecule has 0 amide bonds. The maximum atomic E-state index is 12.1. The number of fused-ring (bicyclic) bond motifs is 7. The van der Waals surface area contributed by atoms with Gasteiger partial charge in [0, 0.05) is 10.4 Å². The minimum absolute atomic E-state index is 0.0605. The fraction of sp³-hybridized carbons (Fsp3) is 0.667. The molecule has 0 spiro atoms. The van der Waals surface area contributed by atoms with Crippen molar-refractivity contribution in [3.05, 3.63) is 64.2 Å². The fourth-order valence-corrected chi connectivity index (χ4v) is 14.0. The number of methoxy groups -OCH3 is 1. The highest BCUT2D eigenvalue weighted by atomic mass is 32.1. The molecule has 2 aromatic rings. The second-order valence-corrected chi connectivity index (χ2v) is 18.9. The Labute approximate surface area is 288 Å². The van der Waals surface area contributed by atoms with E-state index >= 15 is 0 Å². The van der Waals surface area contributed by atoms with Gasteiger partial charge in [0.25, 0.3) is 0 Å². The Morgan fingerprint density at radius 3 is 2.30 bits per heavy atom. The smallest absolute Gasteiger partial charge is 0.337 e. The summed E-state index contributed by atoms with van der Waals surface area (Å²) in [4.78, 5) is 18.5. The van der Waals surface area contributed by atoms with Gasteiger partial charge >= 0.3 is 5.97 Å². The van der Waals surface area contributed by atoms with Crippen molar-refractivity contribution in [2.24, 2.45) is 51.2 Å². The van der Waals surface area contributed by atoms with E-state index in [9.17, 15) is 4.79 Å². The van der Waals surface area contributed by atoms with Gasteiger partial charge in [0.1, 0.15) is 0 Å². The standard InChI is InChI=1S/C42H58N2O2S/c1-25(2)30-17-22-42(44-37-43-26(3)27(4)47-37)24-23-40(8)32(35(30)42)15-16-34-39(7)20-18-31(28-11-13-29(14-12-28)36(45)46-10)38(5,6)33(39)19-21-41(34,40)9/h11-14,18,30,32-35H,1,15-17,19-24H2,2-10H3,(H,43,44). The summed E-state index contributed by atoms with van der Waals surface area (Å²) >= 11 is 1.85. The van der Waals surface area contributed by atoms with Gasteiger partial charge in [-0.05, 0) is 153 Å². The number of ether oxygens (including phenoxy) is 1. The minimum atomic E-state index is -0.270. The SMILES string of the molecule is C=C(C)C1CCC2(Nc3nc(C)c(C)s3)CCC3(C)C(CCC4C5(C)CC=C(c6ccc(C(=O)OC)cc6)C(C)(C)C5CCC43C)C12. The highest BCUT2D eigenvalue weighted by Crippen LogP contribution is 2.77. The lowest BCUT2D eigenvalue weighted by Crippen LogP contribution is -2.67. The molecule has 0 bridgehead atoms. The Balaban J connectivity index is 1.22. The normalized spacial score (nSPS) is 40.3. The molecule has 5 aliphatic carbocycles. The summed E-state index contributed by atoms with van der Waals surface area (Å²) in [5.41, 5.74) is 6.97. The lowest BCUT2D eigenvalue weighted by atomic mass is 9.33. The predicted octanol–water partition coefficient (Wildman–Crippen LogP) is 11.1. The van der Waals surface area contributed by atoms with Crippen LogP contribution in [0.5, 0.6) is 0 Å². The van der Waals surface area contributed by atoms with Crippen LogP contribution in [0.2, 0.25) is 0 Å². The van der Waals surface area contributed by atoms with Gasteiger partial charge in [-0.15, -0.1) is 11.3 Å². The third-order valence-corrected chi connectivity index (χ3v) is 16.6. The number of esters is 1. The van der Waals surface area contributed by atoms with Crippen molar-refractivity contribution in [1.29, 1.82) is 0 Å². The van der Waals surface area contributed by atoms with Crippen molar-refractivity contribution in [1.82, 2.24) is 4.98 Å². The van der Waals surface area contributed by atoms with Crippen LogP contribution in [0.25, 0.3) is 5.57 Å². The van der Waals surface area contributed by atoms with Crippen molar-refractivity contribution in [3.8, 4) is 0 Å². The summed E-state index contributed by atoms with van der Waals surface area (Å²) in [7, 11) is 1.45. The summed E-state index contributed by atoms with van der Waals surface area (Å²) < 4.78 is 4.97. The monoisotopic (exact) mass is 654 g/mol. The number of nitrogens with zero attached hydrogens (tertiary/aromatic N) is 1. The molecule has 5 aliphatic rings. The molecule has 1 N–H and O–H groups in total. The third kappa shape index (κ3) is 4.63. The van der Waals surface area contributed by atoms with Crippen LogP contribution in [0.15, 0.2) is 42.5 Å². The summed E-state index contributed by atoms with van der Waals surface area (Å²) in [6.45, 7) is 24.4. The number of benzene rings is 1. The van der Waals surface area contributed by atoms with E-state index in [1.165, 1.54) is 85.8 Å². The van der Waals surface area contributed by atoms with Gasteiger partial charge in [-0.3, -0.25) is 0 Å². The zero-order valence-corrected chi connectivity index (χ0v) is 31.3. The molecule has 254 valence electrons. The lowest BCUT2D eigenvalue weighted by molar-refractivity contribution is -0.216. The Bertz CT molecular complexity index is 1600. The van der Waals surface area contributed by atoms with Crippen LogP contribution in [0.4, 0.5) is 5.13 Å². The molecule has 47 heavy (non-hydrogen) atoms. The summed E-state index contributed by atoms with van der Waals surface area (Å²) in [6, 6.07) is 8.14. The molecule has 7 rings (SSSR count). The second-order valence-electron chi connectivity index (χ2n) is 17.7. The summed E-state index contributed by atoms with van der Waals surface area (Å²) in [5.74, 6) is 2.98. The van der Waals surface area contributed by atoms with Gasteiger partial charge in [-0.25, -0.2) is 9.78 Å². The van der Waals surface area contributed by atoms with E-state index < -0.39 is 0 Å². The molecule has 5 heteroatoms. The van der Waals surface area contributed by atoms with Crippen LogP contribution in [-0.4, -0.2) is 23.6 Å². The van der Waals surface area contributed by atoms with Crippen molar-refractivity contribution in [2.75, 3.05) is 12.4 Å². The first kappa shape index (κ1) is 33.1. The number of thiazole rings is 1. The van der Waals surface area contributed by atoms with Gasteiger partial charge in [-0.1, -0.05) is 65.0 Å². The Kier molecular flexibility index (Phi) is 7.79.